The normalized spacial score (nSPS) is 12.8. The minimum Gasteiger partial charge on any atom is -0.0990 e. The lowest BCUT2D eigenvalue weighted by Gasteiger charge is -2.05. The minimum absolute atomic E-state index is 1.15. The molecular formula is C18H20. The van der Waals surface area contributed by atoms with Gasteiger partial charge in [0.15, 0.2) is 0 Å². The van der Waals surface area contributed by atoms with Crippen LogP contribution in [0.1, 0.15) is 25.0 Å². The first kappa shape index (κ1) is 14.0. The summed E-state index contributed by atoms with van der Waals surface area (Å²) in [5.74, 6) is 0. The molecule has 0 heterocycles. The first-order chi connectivity index (χ1) is 8.76. The Bertz CT molecular complexity index is 493. The van der Waals surface area contributed by atoms with Crippen molar-refractivity contribution in [2.24, 2.45) is 0 Å². The maximum Gasteiger partial charge on any atom is -0.0184 e. The van der Waals surface area contributed by atoms with Crippen molar-refractivity contribution in [1.29, 1.82) is 0 Å². The number of hydrogen-bond acceptors (Lipinski definition) is 0. The maximum absolute atomic E-state index is 3.82. The van der Waals surface area contributed by atoms with Crippen LogP contribution in [-0.4, -0.2) is 0 Å². The Labute approximate surface area is 110 Å². The predicted octanol–water partition coefficient (Wildman–Crippen LogP) is 5.42. The lowest BCUT2D eigenvalue weighted by atomic mass is 9.99. The lowest BCUT2D eigenvalue weighted by molar-refractivity contribution is 1.55. The second-order valence-electron chi connectivity index (χ2n) is 3.88. The van der Waals surface area contributed by atoms with Gasteiger partial charge in [0, 0.05) is 0 Å². The molecule has 0 radical (unpaired) electrons. The van der Waals surface area contributed by atoms with Gasteiger partial charge in [-0.15, -0.1) is 0 Å². The Balaban J connectivity index is 3.12. The van der Waals surface area contributed by atoms with E-state index < -0.39 is 0 Å². The summed E-state index contributed by atoms with van der Waals surface area (Å²) in [6.45, 7) is 11.6. The van der Waals surface area contributed by atoms with E-state index in [9.17, 15) is 0 Å². The first-order valence-corrected chi connectivity index (χ1v) is 6.11. The maximum atomic E-state index is 3.82. The van der Waals surface area contributed by atoms with E-state index in [1.807, 2.05) is 38.2 Å². The van der Waals surface area contributed by atoms with Gasteiger partial charge in [-0.05, 0) is 36.1 Å². The van der Waals surface area contributed by atoms with Crippen LogP contribution in [0.15, 0.2) is 73.9 Å². The SMILES string of the molecule is C=C/C=C(\C=C/C)c1ccc(/C(C=C)=C/C)cc1. The van der Waals surface area contributed by atoms with Gasteiger partial charge in [0.25, 0.3) is 0 Å². The lowest BCUT2D eigenvalue weighted by Crippen LogP contribution is -1.84. The van der Waals surface area contributed by atoms with Crippen LogP contribution in [0.5, 0.6) is 0 Å². The molecule has 0 aromatic heterocycles. The Kier molecular flexibility index (Phi) is 5.66. The smallest absolute Gasteiger partial charge is 0.0184 e. The molecule has 0 aliphatic heterocycles. The van der Waals surface area contributed by atoms with Crippen LogP contribution >= 0.6 is 0 Å². The Hall–Kier alpha value is -2.08. The fourth-order valence-corrected chi connectivity index (χ4v) is 1.81. The molecule has 92 valence electrons. The number of rotatable bonds is 5. The molecule has 1 rings (SSSR count). The van der Waals surface area contributed by atoms with Crippen LogP contribution in [0, 0.1) is 0 Å². The summed E-state index contributed by atoms with van der Waals surface area (Å²) in [6.07, 6.45) is 11.9. The van der Waals surface area contributed by atoms with Crippen LogP contribution in [0.2, 0.25) is 0 Å². The molecule has 0 heteroatoms. The van der Waals surface area contributed by atoms with Gasteiger partial charge in [0.05, 0.1) is 0 Å². The summed E-state index contributed by atoms with van der Waals surface area (Å²) in [6, 6.07) is 8.48. The zero-order valence-electron chi connectivity index (χ0n) is 11.2. The molecule has 0 aliphatic carbocycles. The molecular weight excluding hydrogens is 216 g/mol. The summed E-state index contributed by atoms with van der Waals surface area (Å²) in [4.78, 5) is 0. The molecule has 1 aromatic carbocycles. The minimum atomic E-state index is 1.15. The molecule has 0 amide bonds. The van der Waals surface area contributed by atoms with Gasteiger partial charge in [-0.25, -0.2) is 0 Å². The topological polar surface area (TPSA) is 0 Å². The van der Waals surface area contributed by atoms with Crippen LogP contribution in [-0.2, 0) is 0 Å². The second kappa shape index (κ2) is 7.29. The zero-order chi connectivity index (χ0) is 13.4. The highest BCUT2D eigenvalue weighted by molar-refractivity contribution is 5.78. The zero-order valence-corrected chi connectivity index (χ0v) is 11.2. The van der Waals surface area contributed by atoms with Gasteiger partial charge in [-0.1, -0.05) is 73.9 Å². The highest BCUT2D eigenvalue weighted by Gasteiger charge is 1.99. The molecule has 0 bridgehead atoms. The fourth-order valence-electron chi connectivity index (χ4n) is 1.81. The molecule has 0 saturated heterocycles. The van der Waals surface area contributed by atoms with Crippen LogP contribution in [0.25, 0.3) is 11.1 Å². The fraction of sp³-hybridized carbons (Fsp3) is 0.111. The Morgan fingerprint density at radius 1 is 0.944 bits per heavy atom. The number of hydrogen-bond donors (Lipinski definition) is 0. The molecule has 0 spiro atoms. The van der Waals surface area contributed by atoms with Crippen molar-refractivity contribution in [2.75, 3.05) is 0 Å². The highest BCUT2D eigenvalue weighted by Crippen LogP contribution is 2.21. The molecule has 0 aliphatic rings. The summed E-state index contributed by atoms with van der Waals surface area (Å²) in [5.41, 5.74) is 4.70. The molecule has 0 fully saturated rings. The van der Waals surface area contributed by atoms with E-state index in [1.54, 1.807) is 0 Å². The molecule has 0 N–H and O–H groups in total. The van der Waals surface area contributed by atoms with Crippen molar-refractivity contribution in [1.82, 2.24) is 0 Å². The average molecular weight is 236 g/mol. The molecule has 0 nitrogen and oxygen atoms in total. The molecule has 0 atom stereocenters. The average Bonchev–Trinajstić information content (AvgIpc) is 2.41. The van der Waals surface area contributed by atoms with Crippen LogP contribution in [0.4, 0.5) is 0 Å². The van der Waals surface area contributed by atoms with Gasteiger partial charge < -0.3 is 0 Å². The third-order valence-corrected chi connectivity index (χ3v) is 2.73. The van der Waals surface area contributed by atoms with E-state index in [2.05, 4.69) is 49.6 Å². The third kappa shape index (κ3) is 3.46. The van der Waals surface area contributed by atoms with E-state index in [0.29, 0.717) is 0 Å². The van der Waals surface area contributed by atoms with Crippen molar-refractivity contribution in [3.8, 4) is 0 Å². The van der Waals surface area contributed by atoms with Gasteiger partial charge in [-0.3, -0.25) is 0 Å². The van der Waals surface area contributed by atoms with Crippen LogP contribution < -0.4 is 0 Å². The third-order valence-electron chi connectivity index (χ3n) is 2.73. The standard InChI is InChI=1S/C18H20/c1-5-9-16(10-6-2)18-13-11-17(12-14-18)15(7-3)8-4/h5-14H,1,3H2,2,4H3/b10-6-,15-8+,16-9+. The van der Waals surface area contributed by atoms with Gasteiger partial charge in [0.2, 0.25) is 0 Å². The summed E-state index contributed by atoms with van der Waals surface area (Å²) in [5, 5.41) is 0. The van der Waals surface area contributed by atoms with Crippen LogP contribution in [0.3, 0.4) is 0 Å². The van der Waals surface area contributed by atoms with Crippen molar-refractivity contribution in [3.63, 3.8) is 0 Å². The predicted molar refractivity (Wildman–Crippen MR) is 83.3 cm³/mol. The van der Waals surface area contributed by atoms with E-state index in [0.717, 1.165) is 5.57 Å². The summed E-state index contributed by atoms with van der Waals surface area (Å²) < 4.78 is 0. The van der Waals surface area contributed by atoms with Gasteiger partial charge in [-0.2, -0.15) is 0 Å². The van der Waals surface area contributed by atoms with Gasteiger partial charge >= 0.3 is 0 Å². The van der Waals surface area contributed by atoms with Crippen molar-refractivity contribution in [3.05, 3.63) is 85.0 Å². The Morgan fingerprint density at radius 3 is 1.89 bits per heavy atom. The van der Waals surface area contributed by atoms with Crippen molar-refractivity contribution < 1.29 is 0 Å². The largest absolute Gasteiger partial charge is 0.0990 e. The van der Waals surface area contributed by atoms with Crippen molar-refractivity contribution >= 4 is 11.1 Å². The first-order valence-electron chi connectivity index (χ1n) is 6.11. The van der Waals surface area contributed by atoms with Gasteiger partial charge in [0.1, 0.15) is 0 Å². The number of allylic oxidation sites excluding steroid dienone is 8. The van der Waals surface area contributed by atoms with Crippen molar-refractivity contribution in [2.45, 2.75) is 13.8 Å². The monoisotopic (exact) mass is 236 g/mol. The summed E-state index contributed by atoms with van der Waals surface area (Å²) in [7, 11) is 0. The molecule has 1 aromatic rings. The molecule has 0 unspecified atom stereocenters. The number of benzene rings is 1. The quantitative estimate of drug-likeness (QED) is 0.599. The van der Waals surface area contributed by atoms with E-state index >= 15 is 0 Å². The van der Waals surface area contributed by atoms with E-state index in [1.165, 1.54) is 16.7 Å². The highest BCUT2D eigenvalue weighted by atomic mass is 14.0. The molecule has 18 heavy (non-hydrogen) atoms. The molecule has 0 saturated carbocycles. The summed E-state index contributed by atoms with van der Waals surface area (Å²) >= 11 is 0. The van der Waals surface area contributed by atoms with E-state index in [4.69, 9.17) is 0 Å². The Morgan fingerprint density at radius 2 is 1.50 bits per heavy atom. The second-order valence-corrected chi connectivity index (χ2v) is 3.88. The van der Waals surface area contributed by atoms with E-state index in [-0.39, 0.29) is 0 Å².